The van der Waals surface area contributed by atoms with Crippen molar-refractivity contribution in [2.24, 2.45) is 10.8 Å². The number of likely N-dealkylation sites (N-methyl/N-ethyl adjacent to an activating group) is 1. The third-order valence-electron chi connectivity index (χ3n) is 8.20. The van der Waals surface area contributed by atoms with Gasteiger partial charge in [0.15, 0.2) is 0 Å². The maximum Gasteiger partial charge on any atom is 0.327 e. The molecule has 1 atom stereocenters. The van der Waals surface area contributed by atoms with Crippen molar-refractivity contribution in [3.05, 3.63) is 12.7 Å². The maximum absolute atomic E-state index is 12.2. The number of carboxylic acids is 1. The molecule has 0 aromatic heterocycles. The van der Waals surface area contributed by atoms with Gasteiger partial charge in [0.05, 0.1) is 5.41 Å². The summed E-state index contributed by atoms with van der Waals surface area (Å²) in [5, 5.41) is 9.45. The van der Waals surface area contributed by atoms with E-state index in [1.807, 2.05) is 13.8 Å². The molecule has 3 amide bonds. The van der Waals surface area contributed by atoms with Crippen molar-refractivity contribution in [1.82, 2.24) is 9.80 Å². The molecule has 1 heterocycles. The highest BCUT2D eigenvalue weighted by Gasteiger charge is 2.35. The molecule has 1 unspecified atom stereocenters. The summed E-state index contributed by atoms with van der Waals surface area (Å²) in [5.41, 5.74) is -0.488. The van der Waals surface area contributed by atoms with Crippen LogP contribution in [0.25, 0.3) is 0 Å². The van der Waals surface area contributed by atoms with Gasteiger partial charge < -0.3 is 14.7 Å². The fraction of sp³-hybridized carbons (Fsp3) is 0.821. The molecule has 1 saturated heterocycles. The lowest BCUT2D eigenvalue weighted by Crippen LogP contribution is -2.33. The fourth-order valence-electron chi connectivity index (χ4n) is 5.13. The van der Waals surface area contributed by atoms with E-state index in [0.717, 1.165) is 64.4 Å². The summed E-state index contributed by atoms with van der Waals surface area (Å²) < 4.78 is 5.81. The Morgan fingerprint density at radius 1 is 0.943 bits per heavy atom. The van der Waals surface area contributed by atoms with E-state index in [1.54, 1.807) is 11.0 Å². The first-order valence-corrected chi connectivity index (χ1v) is 13.8. The van der Waals surface area contributed by atoms with Crippen LogP contribution in [-0.2, 0) is 14.3 Å². The van der Waals surface area contributed by atoms with Gasteiger partial charge in [-0.3, -0.25) is 14.5 Å². The van der Waals surface area contributed by atoms with E-state index >= 15 is 0 Å². The molecule has 0 spiro atoms. The minimum absolute atomic E-state index is 0.0682. The molecule has 7 heteroatoms. The number of ether oxygens (including phenoxy) is 1. The van der Waals surface area contributed by atoms with Crippen LogP contribution in [0.2, 0.25) is 0 Å². The van der Waals surface area contributed by atoms with Crippen LogP contribution in [-0.4, -0.2) is 65.7 Å². The second kappa shape index (κ2) is 16.0. The smallest absolute Gasteiger partial charge is 0.327 e. The van der Waals surface area contributed by atoms with Crippen LogP contribution < -0.4 is 0 Å². The summed E-state index contributed by atoms with van der Waals surface area (Å²) in [4.78, 5) is 38.8. The van der Waals surface area contributed by atoms with Crippen molar-refractivity contribution < 1.29 is 24.2 Å². The van der Waals surface area contributed by atoms with E-state index in [4.69, 9.17) is 4.74 Å². The highest BCUT2D eigenvalue weighted by Crippen LogP contribution is 2.38. The summed E-state index contributed by atoms with van der Waals surface area (Å²) in [6.45, 7) is 14.8. The molecule has 7 nitrogen and oxygen atoms in total. The second-order valence-electron chi connectivity index (χ2n) is 10.1. The van der Waals surface area contributed by atoms with Gasteiger partial charge in [-0.15, -0.1) is 6.58 Å². The zero-order chi connectivity index (χ0) is 26.3. The quantitative estimate of drug-likeness (QED) is 0.115. The van der Waals surface area contributed by atoms with Gasteiger partial charge in [0.1, 0.15) is 6.54 Å². The second-order valence-corrected chi connectivity index (χ2v) is 10.1. The predicted molar refractivity (Wildman–Crippen MR) is 140 cm³/mol. The lowest BCUT2D eigenvalue weighted by atomic mass is 9.74. The van der Waals surface area contributed by atoms with Crippen molar-refractivity contribution in [2.75, 3.05) is 32.8 Å². The zero-order valence-corrected chi connectivity index (χ0v) is 22.8. The molecule has 0 aliphatic carbocycles. The van der Waals surface area contributed by atoms with E-state index in [-0.39, 0.29) is 18.5 Å². The largest absolute Gasteiger partial charge is 0.481 e. The Hall–Kier alpha value is -1.89. The Labute approximate surface area is 213 Å². The first-order valence-electron chi connectivity index (χ1n) is 13.8. The average Bonchev–Trinajstić information content (AvgIpc) is 3.14. The summed E-state index contributed by atoms with van der Waals surface area (Å²) in [5.74, 6) is -0.853. The normalized spacial score (nSPS) is 16.1. The van der Waals surface area contributed by atoms with Crippen molar-refractivity contribution in [1.29, 1.82) is 0 Å². The molecule has 1 rings (SSSR count). The van der Waals surface area contributed by atoms with Gasteiger partial charge in [0.25, 0.3) is 0 Å². The van der Waals surface area contributed by atoms with E-state index in [2.05, 4.69) is 20.4 Å². The van der Waals surface area contributed by atoms with E-state index in [9.17, 15) is 19.5 Å². The van der Waals surface area contributed by atoms with Crippen LogP contribution in [0.5, 0.6) is 0 Å². The number of hydrogen-bond acceptors (Lipinski definition) is 4. The number of imide groups is 1. The molecule has 1 aliphatic heterocycles. The van der Waals surface area contributed by atoms with Gasteiger partial charge in [-0.25, -0.2) is 4.79 Å². The van der Waals surface area contributed by atoms with Crippen molar-refractivity contribution >= 4 is 17.9 Å². The Morgan fingerprint density at radius 2 is 1.51 bits per heavy atom. The average molecular weight is 495 g/mol. The Kier molecular flexibility index (Phi) is 14.2. The number of hydrogen-bond donors (Lipinski definition) is 1. The first kappa shape index (κ1) is 31.1. The number of carboxylic acid groups (broad SMARTS) is 1. The Bertz CT molecular complexity index is 676. The molecular formula is C28H50N2O5. The van der Waals surface area contributed by atoms with Gasteiger partial charge in [0.2, 0.25) is 5.91 Å². The fourth-order valence-corrected chi connectivity index (χ4v) is 5.13. The van der Waals surface area contributed by atoms with Gasteiger partial charge in [-0.05, 0) is 63.7 Å². The molecule has 0 saturated carbocycles. The first-order chi connectivity index (χ1) is 16.7. The standard InChI is InChI=1S/C28H50N2O5/c1-6-27(7-2,17-11-14-20-30-24(31)23-29(10-5)26(30)34)18-12-15-21-35-22-16-13-19-28(8-3,9-4)25(32)33/h8H,3,6-7,9-23H2,1-2,4-5H3,(H,32,33). The van der Waals surface area contributed by atoms with Crippen LogP contribution in [0, 0.1) is 10.8 Å². The van der Waals surface area contributed by atoms with Crippen molar-refractivity contribution in [3.63, 3.8) is 0 Å². The minimum Gasteiger partial charge on any atom is -0.481 e. The van der Waals surface area contributed by atoms with Gasteiger partial charge in [0, 0.05) is 26.3 Å². The number of aliphatic carboxylic acids is 1. The monoisotopic (exact) mass is 494 g/mol. The number of carbonyl (C=O) groups is 3. The molecule has 0 aromatic rings. The van der Waals surface area contributed by atoms with Gasteiger partial charge in [-0.1, -0.05) is 52.5 Å². The highest BCUT2D eigenvalue weighted by molar-refractivity contribution is 6.01. The predicted octanol–water partition coefficient (Wildman–Crippen LogP) is 6.27. The Balaban J connectivity index is 2.23. The van der Waals surface area contributed by atoms with Crippen molar-refractivity contribution in [3.8, 4) is 0 Å². The molecule has 0 radical (unpaired) electrons. The lowest BCUT2D eigenvalue weighted by molar-refractivity contribution is -0.146. The van der Waals surface area contributed by atoms with Gasteiger partial charge in [-0.2, -0.15) is 0 Å². The highest BCUT2D eigenvalue weighted by atomic mass is 16.5. The summed E-state index contributed by atoms with van der Waals surface area (Å²) in [7, 11) is 0. The molecular weight excluding hydrogens is 444 g/mol. The maximum atomic E-state index is 12.2. The van der Waals surface area contributed by atoms with E-state index < -0.39 is 11.4 Å². The van der Waals surface area contributed by atoms with Gasteiger partial charge >= 0.3 is 12.0 Å². The molecule has 0 bridgehead atoms. The van der Waals surface area contributed by atoms with E-state index in [0.29, 0.717) is 38.0 Å². The molecule has 1 aliphatic rings. The van der Waals surface area contributed by atoms with E-state index in [1.165, 1.54) is 11.3 Å². The van der Waals surface area contributed by atoms with Crippen LogP contribution in [0.1, 0.15) is 105 Å². The summed E-state index contributed by atoms with van der Waals surface area (Å²) in [6, 6.07) is -0.137. The number of urea groups is 1. The lowest BCUT2D eigenvalue weighted by Gasteiger charge is -2.32. The molecule has 1 N–H and O–H groups in total. The van der Waals surface area contributed by atoms with Crippen LogP contribution in [0.15, 0.2) is 12.7 Å². The molecule has 202 valence electrons. The summed E-state index contributed by atoms with van der Waals surface area (Å²) >= 11 is 0. The molecule has 0 aromatic carbocycles. The van der Waals surface area contributed by atoms with Crippen molar-refractivity contribution in [2.45, 2.75) is 105 Å². The Morgan fingerprint density at radius 3 is 1.97 bits per heavy atom. The molecule has 1 fully saturated rings. The van der Waals surface area contributed by atoms with Crippen LogP contribution >= 0.6 is 0 Å². The van der Waals surface area contributed by atoms with Crippen LogP contribution in [0.3, 0.4) is 0 Å². The number of rotatable bonds is 21. The number of amides is 3. The number of unbranched alkanes of at least 4 members (excludes halogenated alkanes) is 3. The van der Waals surface area contributed by atoms with Crippen LogP contribution in [0.4, 0.5) is 4.79 Å². The third kappa shape index (κ3) is 9.25. The minimum atomic E-state index is -0.807. The zero-order valence-electron chi connectivity index (χ0n) is 22.8. The third-order valence-corrected chi connectivity index (χ3v) is 8.20. The summed E-state index contributed by atoms with van der Waals surface area (Å²) in [6.07, 6.45) is 13.1. The SMILES string of the molecule is C=CC(CC)(CCCCOCCCCC(CC)(CC)CCCCN1C(=O)CN(CC)C1=O)C(=O)O. The number of nitrogens with zero attached hydrogens (tertiary/aromatic N) is 2. The molecule has 35 heavy (non-hydrogen) atoms. The number of carbonyl (C=O) groups excluding carboxylic acids is 2. The topological polar surface area (TPSA) is 87.2 Å².